The van der Waals surface area contributed by atoms with Crippen molar-refractivity contribution in [1.29, 1.82) is 0 Å². The summed E-state index contributed by atoms with van der Waals surface area (Å²) in [7, 11) is 2.84. The molecule has 0 radical (unpaired) electrons. The first kappa shape index (κ1) is 31.0. The minimum absolute atomic E-state index is 0.0715. The number of aliphatic hydroxyl groups excluding tert-OH is 2. The number of nitrogens with one attached hydrogen (secondary N) is 1. The molecule has 40 heavy (non-hydrogen) atoms. The second kappa shape index (κ2) is 14.7. The van der Waals surface area contributed by atoms with Crippen molar-refractivity contribution >= 4 is 17.6 Å². The van der Waals surface area contributed by atoms with E-state index in [-0.39, 0.29) is 25.7 Å². The van der Waals surface area contributed by atoms with Gasteiger partial charge in [0.05, 0.1) is 0 Å². The van der Waals surface area contributed by atoms with Crippen LogP contribution in [0.1, 0.15) is 53.2 Å². The van der Waals surface area contributed by atoms with Gasteiger partial charge in [-0.2, -0.15) is 0 Å². The summed E-state index contributed by atoms with van der Waals surface area (Å²) in [6, 6.07) is 14.2. The second-order valence-corrected chi connectivity index (χ2v) is 10.0. The summed E-state index contributed by atoms with van der Waals surface area (Å²) in [4.78, 5) is 40.5. The van der Waals surface area contributed by atoms with E-state index < -0.39 is 29.4 Å². The Bertz CT molecular complexity index is 1210. The maximum atomic E-state index is 13.3. The molecule has 3 N–H and O–H groups in total. The summed E-state index contributed by atoms with van der Waals surface area (Å²) in [6.45, 7) is 1.48. The molecule has 0 aromatic heterocycles. The van der Waals surface area contributed by atoms with Crippen LogP contribution in [0.15, 0.2) is 48.5 Å². The molecule has 1 heterocycles. The Morgan fingerprint density at radius 2 is 1.65 bits per heavy atom. The SMILES string of the molecule is CNC(=O)[C@@](C)(C(=O)COC1CCCCO1)N(C)C(=O)c1ccc(C#Cc2ccc(CC(CO)CO)cc2)cc1. The monoisotopic (exact) mass is 550 g/mol. The third kappa shape index (κ3) is 7.77. The number of Topliss-reactive ketones (excluding diaryl/α,β-unsaturated/α-hetero) is 1. The number of ether oxygens (including phenoxy) is 2. The fourth-order valence-electron chi connectivity index (χ4n) is 4.34. The van der Waals surface area contributed by atoms with Crippen molar-refractivity contribution in [3.05, 3.63) is 70.8 Å². The van der Waals surface area contributed by atoms with Gasteiger partial charge in [0.1, 0.15) is 6.61 Å². The van der Waals surface area contributed by atoms with Gasteiger partial charge in [-0.05, 0) is 74.6 Å². The van der Waals surface area contributed by atoms with Gasteiger partial charge in [-0.3, -0.25) is 14.4 Å². The third-order valence-electron chi connectivity index (χ3n) is 7.20. The summed E-state index contributed by atoms with van der Waals surface area (Å²) in [5.74, 6) is 4.30. The predicted molar refractivity (Wildman–Crippen MR) is 149 cm³/mol. The molecule has 0 bridgehead atoms. The van der Waals surface area contributed by atoms with Gasteiger partial charge in [-0.15, -0.1) is 0 Å². The van der Waals surface area contributed by atoms with E-state index in [0.717, 1.165) is 28.9 Å². The van der Waals surface area contributed by atoms with Gasteiger partial charge in [0.15, 0.2) is 17.6 Å². The average Bonchev–Trinajstić information content (AvgIpc) is 3.01. The molecule has 3 rings (SSSR count). The number of amides is 2. The predicted octanol–water partition coefficient (Wildman–Crippen LogP) is 1.92. The fourth-order valence-corrected chi connectivity index (χ4v) is 4.34. The summed E-state index contributed by atoms with van der Waals surface area (Å²) >= 11 is 0. The molecule has 9 nitrogen and oxygen atoms in total. The number of carbonyl (C=O) groups excluding carboxylic acids is 3. The van der Waals surface area contributed by atoms with Crippen LogP contribution in [0.5, 0.6) is 0 Å². The number of benzene rings is 2. The number of aliphatic hydroxyl groups is 2. The molecular weight excluding hydrogens is 512 g/mol. The molecule has 2 aromatic carbocycles. The Morgan fingerprint density at radius 3 is 2.17 bits per heavy atom. The number of hydrogen-bond donors (Lipinski definition) is 3. The van der Waals surface area contributed by atoms with Crippen molar-refractivity contribution < 1.29 is 34.1 Å². The van der Waals surface area contributed by atoms with Crippen LogP contribution in [-0.2, 0) is 25.5 Å². The number of carbonyl (C=O) groups is 3. The van der Waals surface area contributed by atoms with Crippen LogP contribution < -0.4 is 5.32 Å². The highest BCUT2D eigenvalue weighted by Gasteiger charge is 2.46. The van der Waals surface area contributed by atoms with Crippen molar-refractivity contribution in [2.24, 2.45) is 5.92 Å². The number of likely N-dealkylation sites (N-methyl/N-ethyl adjacent to an activating group) is 2. The lowest BCUT2D eigenvalue weighted by Crippen LogP contribution is -2.62. The van der Waals surface area contributed by atoms with Crippen molar-refractivity contribution in [1.82, 2.24) is 10.2 Å². The van der Waals surface area contributed by atoms with Crippen LogP contribution >= 0.6 is 0 Å². The van der Waals surface area contributed by atoms with Crippen LogP contribution in [0.25, 0.3) is 0 Å². The van der Waals surface area contributed by atoms with Crippen molar-refractivity contribution in [2.45, 2.75) is 44.4 Å². The van der Waals surface area contributed by atoms with E-state index in [1.165, 1.54) is 21.0 Å². The van der Waals surface area contributed by atoms with Gasteiger partial charge in [0.25, 0.3) is 11.8 Å². The van der Waals surface area contributed by atoms with Gasteiger partial charge in [0, 0.05) is 56.5 Å². The van der Waals surface area contributed by atoms with E-state index in [0.29, 0.717) is 30.6 Å². The second-order valence-electron chi connectivity index (χ2n) is 10.0. The lowest BCUT2D eigenvalue weighted by atomic mass is 9.92. The molecular formula is C31H38N2O7. The summed E-state index contributed by atoms with van der Waals surface area (Å²) < 4.78 is 11.1. The van der Waals surface area contributed by atoms with Gasteiger partial charge in [-0.1, -0.05) is 24.0 Å². The van der Waals surface area contributed by atoms with Crippen LogP contribution in [-0.4, -0.2) is 85.1 Å². The lowest BCUT2D eigenvalue weighted by Gasteiger charge is -2.36. The number of hydrogen-bond acceptors (Lipinski definition) is 7. The highest BCUT2D eigenvalue weighted by molar-refractivity contribution is 6.14. The Labute approximate surface area is 235 Å². The molecule has 1 saturated heterocycles. The smallest absolute Gasteiger partial charge is 0.254 e. The maximum Gasteiger partial charge on any atom is 0.254 e. The van der Waals surface area contributed by atoms with Crippen molar-refractivity contribution in [3.63, 3.8) is 0 Å². The minimum Gasteiger partial charge on any atom is -0.396 e. The van der Waals surface area contributed by atoms with E-state index in [1.54, 1.807) is 24.3 Å². The van der Waals surface area contributed by atoms with E-state index >= 15 is 0 Å². The Balaban J connectivity index is 1.68. The standard InChI is InChI=1S/C31H38N2O7/c1-31(30(38)32-2,27(36)21-40-28-6-4-5-17-39-28)33(3)29(37)26-15-13-23(14-16-26)8-7-22-9-11-24(12-10-22)18-25(19-34)20-35/h9-16,25,28,34-35H,4-6,17-21H2,1-3H3,(H,32,38)/t28?,31-/m1/s1. The molecule has 9 heteroatoms. The van der Waals surface area contributed by atoms with E-state index in [4.69, 9.17) is 9.47 Å². The van der Waals surface area contributed by atoms with E-state index in [9.17, 15) is 24.6 Å². The zero-order valence-electron chi connectivity index (χ0n) is 23.3. The average molecular weight is 551 g/mol. The Hall–Kier alpha value is -3.55. The van der Waals surface area contributed by atoms with Crippen molar-refractivity contribution in [3.8, 4) is 11.8 Å². The molecule has 2 amide bonds. The van der Waals surface area contributed by atoms with Gasteiger partial charge < -0.3 is 29.9 Å². The molecule has 2 atom stereocenters. The fraction of sp³-hybridized carbons (Fsp3) is 0.452. The first-order valence-corrected chi connectivity index (χ1v) is 13.4. The minimum atomic E-state index is -1.78. The van der Waals surface area contributed by atoms with Crippen LogP contribution in [0.3, 0.4) is 0 Å². The quantitative estimate of drug-likeness (QED) is 0.288. The molecule has 1 aliphatic rings. The summed E-state index contributed by atoms with van der Waals surface area (Å²) in [5, 5.41) is 21.0. The summed E-state index contributed by atoms with van der Waals surface area (Å²) in [5.41, 5.74) is 1.02. The lowest BCUT2D eigenvalue weighted by molar-refractivity contribution is -0.174. The topological polar surface area (TPSA) is 125 Å². The van der Waals surface area contributed by atoms with Gasteiger partial charge >= 0.3 is 0 Å². The largest absolute Gasteiger partial charge is 0.396 e. The van der Waals surface area contributed by atoms with Crippen LogP contribution in [0.2, 0.25) is 0 Å². The van der Waals surface area contributed by atoms with Crippen LogP contribution in [0, 0.1) is 17.8 Å². The van der Waals surface area contributed by atoms with Gasteiger partial charge in [0.2, 0.25) is 0 Å². The van der Waals surface area contributed by atoms with E-state index in [1.807, 2.05) is 24.3 Å². The Kier molecular flexibility index (Phi) is 11.4. The molecule has 1 unspecified atom stereocenters. The first-order valence-electron chi connectivity index (χ1n) is 13.4. The number of nitrogens with zero attached hydrogens (tertiary/aromatic N) is 1. The molecule has 214 valence electrons. The zero-order valence-corrected chi connectivity index (χ0v) is 23.3. The molecule has 0 saturated carbocycles. The highest BCUT2D eigenvalue weighted by Crippen LogP contribution is 2.21. The molecule has 0 aliphatic carbocycles. The van der Waals surface area contributed by atoms with Crippen molar-refractivity contribution in [2.75, 3.05) is 40.5 Å². The zero-order chi connectivity index (χ0) is 29.1. The maximum absolute atomic E-state index is 13.3. The molecule has 1 fully saturated rings. The first-order chi connectivity index (χ1) is 19.2. The number of ketones is 1. The molecule has 2 aromatic rings. The Morgan fingerprint density at radius 1 is 1.05 bits per heavy atom. The normalized spacial score (nSPS) is 16.4. The van der Waals surface area contributed by atoms with Crippen LogP contribution in [0.4, 0.5) is 0 Å². The highest BCUT2D eigenvalue weighted by atomic mass is 16.7. The third-order valence-corrected chi connectivity index (χ3v) is 7.20. The number of rotatable bonds is 11. The van der Waals surface area contributed by atoms with Gasteiger partial charge in [-0.25, -0.2) is 0 Å². The van der Waals surface area contributed by atoms with E-state index in [2.05, 4.69) is 17.2 Å². The molecule has 0 spiro atoms. The summed E-state index contributed by atoms with van der Waals surface area (Å²) in [6.07, 6.45) is 2.64. The molecule has 1 aliphatic heterocycles.